The van der Waals surface area contributed by atoms with Gasteiger partial charge in [-0.25, -0.2) is 13.1 Å². The van der Waals surface area contributed by atoms with Crippen LogP contribution in [0.25, 0.3) is 0 Å². The Morgan fingerprint density at radius 1 is 1.27 bits per heavy atom. The lowest BCUT2D eigenvalue weighted by molar-refractivity contribution is 0.102. The molecule has 1 saturated heterocycles. The van der Waals surface area contributed by atoms with E-state index in [-0.39, 0.29) is 16.4 Å². The lowest BCUT2D eigenvalue weighted by Gasteiger charge is -2.16. The quantitative estimate of drug-likeness (QED) is 0.747. The molecule has 1 N–H and O–H groups in total. The molecule has 2 heterocycles. The van der Waals surface area contributed by atoms with Crippen molar-refractivity contribution < 1.29 is 13.2 Å². The summed E-state index contributed by atoms with van der Waals surface area (Å²) in [4.78, 5) is 12.8. The number of carbonyl (C=O) groups is 1. The second-order valence-corrected chi connectivity index (χ2v) is 8.94. The Kier molecular flexibility index (Phi) is 5.79. The Labute approximate surface area is 161 Å². The number of carbonyl (C=O) groups excluding carboxylic acids is 1. The van der Waals surface area contributed by atoms with E-state index in [1.165, 1.54) is 16.4 Å². The van der Waals surface area contributed by atoms with Gasteiger partial charge in [0, 0.05) is 30.2 Å². The van der Waals surface area contributed by atoms with E-state index in [4.69, 9.17) is 0 Å². The molecule has 140 valence electrons. The lowest BCUT2D eigenvalue weighted by Crippen LogP contribution is -2.28. The van der Waals surface area contributed by atoms with Crippen molar-refractivity contribution in [2.45, 2.75) is 37.6 Å². The zero-order chi connectivity index (χ0) is 18.7. The van der Waals surface area contributed by atoms with Crippen LogP contribution in [0.3, 0.4) is 0 Å². The van der Waals surface area contributed by atoms with Crippen molar-refractivity contribution in [3.63, 3.8) is 0 Å². The van der Waals surface area contributed by atoms with Crippen LogP contribution in [0, 0.1) is 0 Å². The summed E-state index contributed by atoms with van der Waals surface area (Å²) < 4.78 is 29.2. The molecule has 7 nitrogen and oxygen atoms in total. The Morgan fingerprint density at radius 2 is 2.00 bits per heavy atom. The number of anilines is 1. The standard InChI is InChI=1S/C17H21BrN4O3S/c1-2-9-22-16(7-8-19-22)20-17(23)14-12-13(5-6-15(14)18)26(24,25)21-10-3-4-11-21/h5-8,12H,2-4,9-11H2,1H3,(H,20,23). The molecule has 0 saturated carbocycles. The maximum absolute atomic E-state index is 12.7. The summed E-state index contributed by atoms with van der Waals surface area (Å²) in [6, 6.07) is 6.26. The van der Waals surface area contributed by atoms with Crippen LogP contribution in [0.4, 0.5) is 5.82 Å². The van der Waals surface area contributed by atoms with Crippen molar-refractivity contribution >= 4 is 37.7 Å². The number of benzene rings is 1. The molecular weight excluding hydrogens is 420 g/mol. The van der Waals surface area contributed by atoms with E-state index in [1.54, 1.807) is 23.0 Å². The maximum atomic E-state index is 12.7. The van der Waals surface area contributed by atoms with E-state index in [0.29, 0.717) is 29.9 Å². The summed E-state index contributed by atoms with van der Waals surface area (Å²) in [6.07, 6.45) is 4.24. The molecule has 1 amide bonds. The van der Waals surface area contributed by atoms with Gasteiger partial charge in [0.1, 0.15) is 5.82 Å². The van der Waals surface area contributed by atoms with Gasteiger partial charge < -0.3 is 5.32 Å². The zero-order valence-electron chi connectivity index (χ0n) is 14.5. The van der Waals surface area contributed by atoms with Gasteiger partial charge in [-0.05, 0) is 53.4 Å². The van der Waals surface area contributed by atoms with E-state index >= 15 is 0 Å². The minimum atomic E-state index is -3.58. The van der Waals surface area contributed by atoms with E-state index in [0.717, 1.165) is 19.3 Å². The Bertz CT molecular complexity index is 904. The summed E-state index contributed by atoms with van der Waals surface area (Å²) in [5.41, 5.74) is 0.273. The third-order valence-corrected chi connectivity index (χ3v) is 6.86. The fourth-order valence-corrected chi connectivity index (χ4v) is 4.90. The molecule has 1 aromatic carbocycles. The molecule has 0 unspecified atom stereocenters. The first-order valence-corrected chi connectivity index (χ1v) is 10.8. The molecule has 2 aromatic rings. The summed E-state index contributed by atoms with van der Waals surface area (Å²) in [5.74, 6) is 0.199. The first-order valence-electron chi connectivity index (χ1n) is 8.56. The summed E-state index contributed by atoms with van der Waals surface area (Å²) in [6.45, 7) is 3.76. The zero-order valence-corrected chi connectivity index (χ0v) is 16.9. The first-order chi connectivity index (χ1) is 12.4. The minimum absolute atomic E-state index is 0.134. The third-order valence-electron chi connectivity index (χ3n) is 4.28. The van der Waals surface area contributed by atoms with Crippen LogP contribution >= 0.6 is 15.9 Å². The van der Waals surface area contributed by atoms with Crippen LogP contribution in [0.2, 0.25) is 0 Å². The van der Waals surface area contributed by atoms with Gasteiger partial charge in [-0.3, -0.25) is 4.79 Å². The van der Waals surface area contributed by atoms with Crippen LogP contribution in [-0.2, 0) is 16.6 Å². The largest absolute Gasteiger partial charge is 0.307 e. The molecule has 1 fully saturated rings. The van der Waals surface area contributed by atoms with Gasteiger partial charge in [-0.2, -0.15) is 9.40 Å². The van der Waals surface area contributed by atoms with Gasteiger partial charge in [0.25, 0.3) is 5.91 Å². The van der Waals surface area contributed by atoms with Crippen LogP contribution in [0.15, 0.2) is 39.8 Å². The summed E-state index contributed by atoms with van der Waals surface area (Å²) in [7, 11) is -3.58. The number of nitrogens with zero attached hydrogens (tertiary/aromatic N) is 3. The molecule has 0 radical (unpaired) electrons. The second kappa shape index (κ2) is 7.89. The first kappa shape index (κ1) is 19.1. The average molecular weight is 441 g/mol. The number of rotatable bonds is 6. The number of halogens is 1. The molecule has 1 aliphatic heterocycles. The highest BCUT2D eigenvalue weighted by Gasteiger charge is 2.28. The smallest absolute Gasteiger partial charge is 0.257 e. The molecule has 9 heteroatoms. The van der Waals surface area contributed by atoms with Crippen LogP contribution in [0.5, 0.6) is 0 Å². The van der Waals surface area contributed by atoms with Crippen molar-refractivity contribution in [1.82, 2.24) is 14.1 Å². The lowest BCUT2D eigenvalue weighted by atomic mass is 10.2. The number of amides is 1. The molecule has 1 aliphatic rings. The summed E-state index contributed by atoms with van der Waals surface area (Å²) >= 11 is 3.34. The molecule has 0 atom stereocenters. The topological polar surface area (TPSA) is 84.3 Å². The number of aryl methyl sites for hydroxylation is 1. The molecule has 0 bridgehead atoms. The van der Waals surface area contributed by atoms with Crippen LogP contribution in [-0.4, -0.2) is 41.5 Å². The highest BCUT2D eigenvalue weighted by atomic mass is 79.9. The van der Waals surface area contributed by atoms with E-state index in [1.807, 2.05) is 6.92 Å². The number of hydrogen-bond acceptors (Lipinski definition) is 4. The fraction of sp³-hybridized carbons (Fsp3) is 0.412. The highest BCUT2D eigenvalue weighted by molar-refractivity contribution is 9.10. The maximum Gasteiger partial charge on any atom is 0.257 e. The average Bonchev–Trinajstić information content (AvgIpc) is 3.28. The Morgan fingerprint density at radius 3 is 2.69 bits per heavy atom. The monoisotopic (exact) mass is 440 g/mol. The number of sulfonamides is 1. The predicted octanol–water partition coefficient (Wildman–Crippen LogP) is 3.09. The Hall–Kier alpha value is -1.71. The second-order valence-electron chi connectivity index (χ2n) is 6.15. The van der Waals surface area contributed by atoms with Gasteiger partial charge in [0.15, 0.2) is 0 Å². The molecule has 26 heavy (non-hydrogen) atoms. The molecule has 1 aromatic heterocycles. The van der Waals surface area contributed by atoms with E-state index in [9.17, 15) is 13.2 Å². The van der Waals surface area contributed by atoms with E-state index in [2.05, 4.69) is 26.3 Å². The van der Waals surface area contributed by atoms with Crippen molar-refractivity contribution in [3.05, 3.63) is 40.5 Å². The highest BCUT2D eigenvalue weighted by Crippen LogP contribution is 2.26. The molecule has 3 rings (SSSR count). The van der Waals surface area contributed by atoms with Crippen molar-refractivity contribution in [3.8, 4) is 0 Å². The van der Waals surface area contributed by atoms with Gasteiger partial charge in [0.05, 0.1) is 16.7 Å². The Balaban J connectivity index is 1.87. The minimum Gasteiger partial charge on any atom is -0.307 e. The third kappa shape index (κ3) is 3.84. The van der Waals surface area contributed by atoms with Crippen LogP contribution < -0.4 is 5.32 Å². The predicted molar refractivity (Wildman–Crippen MR) is 103 cm³/mol. The number of nitrogens with one attached hydrogen (secondary N) is 1. The SMILES string of the molecule is CCCn1nccc1NC(=O)c1cc(S(=O)(=O)N2CCCC2)ccc1Br. The van der Waals surface area contributed by atoms with E-state index < -0.39 is 10.0 Å². The number of aromatic nitrogens is 2. The van der Waals surface area contributed by atoms with Gasteiger partial charge in [0.2, 0.25) is 10.0 Å². The van der Waals surface area contributed by atoms with Gasteiger partial charge >= 0.3 is 0 Å². The van der Waals surface area contributed by atoms with Gasteiger partial charge in [-0.15, -0.1) is 0 Å². The summed E-state index contributed by atoms with van der Waals surface area (Å²) in [5, 5.41) is 6.98. The normalized spacial score (nSPS) is 15.3. The number of hydrogen-bond donors (Lipinski definition) is 1. The fourth-order valence-electron chi connectivity index (χ4n) is 2.93. The van der Waals surface area contributed by atoms with Crippen molar-refractivity contribution in [2.75, 3.05) is 18.4 Å². The van der Waals surface area contributed by atoms with Crippen molar-refractivity contribution in [2.24, 2.45) is 0 Å². The molecule has 0 aliphatic carbocycles. The van der Waals surface area contributed by atoms with Gasteiger partial charge in [-0.1, -0.05) is 6.92 Å². The molecule has 0 spiro atoms. The van der Waals surface area contributed by atoms with Crippen molar-refractivity contribution in [1.29, 1.82) is 0 Å². The molecular formula is C17H21BrN4O3S. The van der Waals surface area contributed by atoms with Crippen LogP contribution in [0.1, 0.15) is 36.5 Å².